The molecule has 15 heavy (non-hydrogen) atoms. The first-order chi connectivity index (χ1) is 6.99. The summed E-state index contributed by atoms with van der Waals surface area (Å²) in [5, 5.41) is 10.5. The molecule has 82 valence electrons. The zero-order valence-electron chi connectivity index (χ0n) is 7.28. The topological polar surface area (TPSA) is 82.0 Å². The number of halogens is 3. The van der Waals surface area contributed by atoms with Gasteiger partial charge in [-0.2, -0.15) is 0 Å². The number of aromatic nitrogens is 1. The summed E-state index contributed by atoms with van der Waals surface area (Å²) in [6.07, 6.45) is -1.98. The molecule has 0 aromatic carbocycles. The smallest absolute Gasteiger partial charge is 0.358 e. The summed E-state index contributed by atoms with van der Waals surface area (Å²) in [7, 11) is 0. The molecule has 1 aromatic rings. The van der Waals surface area contributed by atoms with Crippen molar-refractivity contribution in [2.24, 2.45) is 5.73 Å². The summed E-state index contributed by atoms with van der Waals surface area (Å²) < 4.78 is 24.7. The maximum absolute atomic E-state index is 12.4. The molecule has 0 unspecified atom stereocenters. The molecule has 5 nitrogen and oxygen atoms in total. The Morgan fingerprint density at radius 3 is 2.67 bits per heavy atom. The van der Waals surface area contributed by atoms with E-state index in [0.29, 0.717) is 0 Å². The van der Waals surface area contributed by atoms with E-state index in [2.05, 4.69) is 20.9 Å². The minimum Gasteiger partial charge on any atom is -0.358 e. The number of hydrogen-bond acceptors (Lipinski definition) is 4. The lowest BCUT2D eigenvalue weighted by Crippen LogP contribution is -2.07. The van der Waals surface area contributed by atoms with Crippen LogP contribution in [0, 0.1) is 10.1 Å². The molecule has 0 spiro atoms. The summed E-state index contributed by atoms with van der Waals surface area (Å²) in [6, 6.07) is 0. The summed E-state index contributed by atoms with van der Waals surface area (Å²) in [5.74, 6) is -0.506. The van der Waals surface area contributed by atoms with Crippen LogP contribution in [0.2, 0.25) is 0 Å². The van der Waals surface area contributed by atoms with Gasteiger partial charge in [-0.1, -0.05) is 0 Å². The Kier molecular flexibility index (Phi) is 3.64. The Morgan fingerprint density at radius 1 is 1.67 bits per heavy atom. The molecule has 0 aliphatic carbocycles. The molecule has 0 aliphatic rings. The fraction of sp³-hybridized carbons (Fsp3) is 0.286. The van der Waals surface area contributed by atoms with E-state index in [0.717, 1.165) is 6.20 Å². The second kappa shape index (κ2) is 4.58. The molecule has 0 amide bonds. The van der Waals surface area contributed by atoms with Crippen LogP contribution in [-0.4, -0.2) is 9.91 Å². The Morgan fingerprint density at radius 2 is 2.27 bits per heavy atom. The van der Waals surface area contributed by atoms with Crippen LogP contribution in [0.3, 0.4) is 0 Å². The minimum atomic E-state index is -2.75. The Hall–Kier alpha value is -1.15. The lowest BCUT2D eigenvalue weighted by Gasteiger charge is -2.06. The zero-order valence-corrected chi connectivity index (χ0v) is 8.87. The number of pyridine rings is 1. The van der Waals surface area contributed by atoms with Gasteiger partial charge >= 0.3 is 5.82 Å². The van der Waals surface area contributed by atoms with E-state index in [-0.39, 0.29) is 16.6 Å². The second-order valence-corrected chi connectivity index (χ2v) is 3.38. The van der Waals surface area contributed by atoms with Gasteiger partial charge in [0, 0.05) is 11.0 Å². The van der Waals surface area contributed by atoms with Crippen molar-refractivity contribution in [2.75, 3.05) is 0 Å². The average molecular weight is 282 g/mol. The van der Waals surface area contributed by atoms with E-state index in [4.69, 9.17) is 5.73 Å². The lowest BCUT2D eigenvalue weighted by molar-refractivity contribution is -0.390. The lowest BCUT2D eigenvalue weighted by atomic mass is 10.2. The van der Waals surface area contributed by atoms with E-state index in [9.17, 15) is 18.9 Å². The van der Waals surface area contributed by atoms with Gasteiger partial charge in [0.2, 0.25) is 0 Å². The minimum absolute atomic E-state index is 0.0298. The molecular formula is C7H6BrF2N3O2. The van der Waals surface area contributed by atoms with Crippen molar-refractivity contribution in [1.29, 1.82) is 0 Å². The molecule has 2 N–H and O–H groups in total. The molecule has 0 aliphatic heterocycles. The number of rotatable bonds is 3. The summed E-state index contributed by atoms with van der Waals surface area (Å²) >= 11 is 2.86. The van der Waals surface area contributed by atoms with Crippen LogP contribution in [0.5, 0.6) is 0 Å². The van der Waals surface area contributed by atoms with Gasteiger partial charge in [0.05, 0.1) is 11.1 Å². The first-order valence-corrected chi connectivity index (χ1v) is 4.58. The van der Waals surface area contributed by atoms with E-state index in [1.807, 2.05) is 0 Å². The normalized spacial score (nSPS) is 10.7. The van der Waals surface area contributed by atoms with Crippen molar-refractivity contribution in [3.63, 3.8) is 0 Å². The van der Waals surface area contributed by atoms with Gasteiger partial charge in [-0.3, -0.25) is 0 Å². The maximum atomic E-state index is 12.4. The van der Waals surface area contributed by atoms with Crippen LogP contribution >= 0.6 is 15.9 Å². The summed E-state index contributed by atoms with van der Waals surface area (Å²) in [4.78, 5) is 13.1. The van der Waals surface area contributed by atoms with Crippen molar-refractivity contribution in [3.8, 4) is 0 Å². The molecule has 0 atom stereocenters. The second-order valence-electron chi connectivity index (χ2n) is 2.59. The van der Waals surface area contributed by atoms with Crippen molar-refractivity contribution in [1.82, 2.24) is 4.98 Å². The predicted molar refractivity (Wildman–Crippen MR) is 51.4 cm³/mol. The first-order valence-electron chi connectivity index (χ1n) is 3.79. The largest absolute Gasteiger partial charge is 0.369 e. The van der Waals surface area contributed by atoms with Gasteiger partial charge < -0.3 is 15.8 Å². The van der Waals surface area contributed by atoms with Gasteiger partial charge in [0.25, 0.3) is 6.43 Å². The number of nitrogens with two attached hydrogens (primary N) is 1. The van der Waals surface area contributed by atoms with E-state index in [1.54, 1.807) is 0 Å². The van der Waals surface area contributed by atoms with Gasteiger partial charge in [-0.05, 0) is 25.8 Å². The Bertz CT molecular complexity index is 400. The van der Waals surface area contributed by atoms with Gasteiger partial charge in [0.1, 0.15) is 6.20 Å². The maximum Gasteiger partial charge on any atom is 0.369 e. The molecule has 1 aromatic heterocycles. The zero-order chi connectivity index (χ0) is 11.6. The highest BCUT2D eigenvalue weighted by Gasteiger charge is 2.24. The molecule has 0 fully saturated rings. The number of nitro groups is 1. The molecule has 0 saturated carbocycles. The quantitative estimate of drug-likeness (QED) is 0.680. The summed E-state index contributed by atoms with van der Waals surface area (Å²) in [6.45, 7) is -0.232. The van der Waals surface area contributed by atoms with E-state index < -0.39 is 22.7 Å². The summed E-state index contributed by atoms with van der Waals surface area (Å²) in [5.41, 5.74) is 4.81. The van der Waals surface area contributed by atoms with Crippen LogP contribution < -0.4 is 5.73 Å². The third kappa shape index (κ3) is 2.26. The van der Waals surface area contributed by atoms with Crippen molar-refractivity contribution in [3.05, 3.63) is 31.9 Å². The van der Waals surface area contributed by atoms with E-state index >= 15 is 0 Å². The van der Waals surface area contributed by atoms with Crippen molar-refractivity contribution < 1.29 is 13.7 Å². The highest BCUT2D eigenvalue weighted by atomic mass is 79.9. The number of alkyl halides is 2. The Labute approximate surface area is 91.6 Å². The van der Waals surface area contributed by atoms with Gasteiger partial charge in [-0.15, -0.1) is 0 Å². The third-order valence-electron chi connectivity index (χ3n) is 1.73. The SMILES string of the molecule is NCc1c([N+](=O)[O-])ncc(C(F)F)c1Br. The molecule has 0 saturated heterocycles. The van der Waals surface area contributed by atoms with Crippen LogP contribution in [0.15, 0.2) is 10.7 Å². The fourth-order valence-electron chi connectivity index (χ4n) is 1.03. The Balaban J connectivity index is 3.39. The monoisotopic (exact) mass is 281 g/mol. The van der Waals surface area contributed by atoms with Gasteiger partial charge in [0.15, 0.2) is 0 Å². The highest BCUT2D eigenvalue weighted by Crippen LogP contribution is 2.33. The standard InChI is InChI=1S/C7H6BrF2N3O2/c8-5-3(1-11)7(13(14)15)12-2-4(5)6(9)10/h2,6H,1,11H2. The van der Waals surface area contributed by atoms with E-state index in [1.165, 1.54) is 0 Å². The third-order valence-corrected chi connectivity index (χ3v) is 2.66. The van der Waals surface area contributed by atoms with Crippen molar-refractivity contribution in [2.45, 2.75) is 13.0 Å². The highest BCUT2D eigenvalue weighted by molar-refractivity contribution is 9.10. The molecule has 1 heterocycles. The number of nitrogens with zero attached hydrogens (tertiary/aromatic N) is 2. The van der Waals surface area contributed by atoms with Crippen LogP contribution in [0.4, 0.5) is 14.6 Å². The molecular weight excluding hydrogens is 276 g/mol. The average Bonchev–Trinajstić information content (AvgIpc) is 2.16. The van der Waals surface area contributed by atoms with Crippen molar-refractivity contribution >= 4 is 21.7 Å². The molecule has 0 radical (unpaired) electrons. The molecule has 1 rings (SSSR count). The first kappa shape index (κ1) is 11.9. The van der Waals surface area contributed by atoms with Gasteiger partial charge in [-0.25, -0.2) is 8.78 Å². The van der Waals surface area contributed by atoms with Crippen LogP contribution in [0.1, 0.15) is 17.6 Å². The molecule has 0 bridgehead atoms. The predicted octanol–water partition coefficient (Wildman–Crippen LogP) is 2.15. The van der Waals surface area contributed by atoms with Crippen LogP contribution in [-0.2, 0) is 6.54 Å². The van der Waals surface area contributed by atoms with Crippen LogP contribution in [0.25, 0.3) is 0 Å². The molecule has 8 heteroatoms. The fourth-order valence-corrected chi connectivity index (χ4v) is 1.64. The number of hydrogen-bond donors (Lipinski definition) is 1.